The highest BCUT2D eigenvalue weighted by molar-refractivity contribution is 5.94. The van der Waals surface area contributed by atoms with Crippen LogP contribution in [0.3, 0.4) is 0 Å². The number of nitrogen functional groups attached to an aromatic ring is 1. The number of hydrogen-bond donors (Lipinski definition) is 2. The number of alkyl halides is 3. The van der Waals surface area contributed by atoms with E-state index < -0.39 is 12.1 Å². The highest BCUT2D eigenvalue weighted by Gasteiger charge is 2.38. The number of anilines is 1. The Morgan fingerprint density at radius 1 is 0.938 bits per heavy atom. The first kappa shape index (κ1) is 22.6. The van der Waals surface area contributed by atoms with Crippen molar-refractivity contribution in [3.8, 4) is 16.9 Å². The number of nitrogens with two attached hydrogens (primary N) is 1. The van der Waals surface area contributed by atoms with Gasteiger partial charge in [-0.05, 0) is 46.3 Å². The van der Waals surface area contributed by atoms with Gasteiger partial charge in [0.25, 0.3) is 0 Å². The summed E-state index contributed by atoms with van der Waals surface area (Å²) in [5.74, 6) is -1.36. The summed E-state index contributed by atoms with van der Waals surface area (Å²) in [6.45, 7) is 0.554. The number of hydrogen-bond acceptors (Lipinski definition) is 4. The smallest absolute Gasteiger partial charge is 0.489 e. The van der Waals surface area contributed by atoms with Gasteiger partial charge in [0.15, 0.2) is 0 Å². The third-order valence-corrected chi connectivity index (χ3v) is 4.46. The van der Waals surface area contributed by atoms with Gasteiger partial charge in [-0.25, -0.2) is 9.78 Å². The maximum absolute atomic E-state index is 10.6. The molecule has 0 aliphatic carbocycles. The van der Waals surface area contributed by atoms with Gasteiger partial charge in [-0.1, -0.05) is 54.6 Å². The van der Waals surface area contributed by atoms with Crippen molar-refractivity contribution in [2.75, 3.05) is 5.73 Å². The molecule has 0 atom stereocenters. The topological polar surface area (TPSA) is 85.4 Å². The zero-order valence-electron chi connectivity index (χ0n) is 16.7. The number of halogens is 3. The van der Waals surface area contributed by atoms with Gasteiger partial charge in [0, 0.05) is 11.6 Å². The highest BCUT2D eigenvalue weighted by Crippen LogP contribution is 2.29. The summed E-state index contributed by atoms with van der Waals surface area (Å²) in [5, 5.41) is 9.18. The molecule has 0 saturated carbocycles. The number of carboxylic acid groups (broad SMARTS) is 1. The fraction of sp³-hybridized carbons (Fsp3) is 0.0833. The number of aromatic nitrogens is 1. The fourth-order valence-corrected chi connectivity index (χ4v) is 2.88. The number of nitrogens with zero attached hydrogens (tertiary/aromatic N) is 1. The van der Waals surface area contributed by atoms with Crippen LogP contribution in [0.15, 0.2) is 85.1 Å². The number of benzene rings is 3. The SMILES string of the molecule is Nc1nccc2ccc(-c3cccc(OCc4ccccc4)c3)cc12.O=C(O)C(F)(F)F. The number of carboxylic acids is 1. The molecule has 0 aliphatic rings. The van der Waals surface area contributed by atoms with Crippen LogP contribution >= 0.6 is 0 Å². The molecule has 164 valence electrons. The van der Waals surface area contributed by atoms with Gasteiger partial charge in [-0.15, -0.1) is 0 Å². The van der Waals surface area contributed by atoms with Crippen LogP contribution in [0.5, 0.6) is 5.75 Å². The summed E-state index contributed by atoms with van der Waals surface area (Å²) < 4.78 is 37.7. The van der Waals surface area contributed by atoms with E-state index >= 15 is 0 Å². The maximum Gasteiger partial charge on any atom is 0.490 e. The minimum atomic E-state index is -5.08. The monoisotopic (exact) mass is 440 g/mol. The van der Waals surface area contributed by atoms with Crippen molar-refractivity contribution in [2.24, 2.45) is 0 Å². The van der Waals surface area contributed by atoms with Crippen LogP contribution in [0.2, 0.25) is 0 Å². The lowest BCUT2D eigenvalue weighted by Gasteiger charge is -2.09. The fourth-order valence-electron chi connectivity index (χ4n) is 2.88. The van der Waals surface area contributed by atoms with Gasteiger partial charge < -0.3 is 15.6 Å². The quantitative estimate of drug-likeness (QED) is 0.425. The second-order valence-electron chi connectivity index (χ2n) is 6.74. The maximum atomic E-state index is 10.6. The summed E-state index contributed by atoms with van der Waals surface area (Å²) in [5.41, 5.74) is 9.35. The first-order valence-electron chi connectivity index (χ1n) is 9.45. The van der Waals surface area contributed by atoms with E-state index in [0.717, 1.165) is 33.2 Å². The predicted octanol–water partition coefficient (Wildman–Crippen LogP) is 5.70. The van der Waals surface area contributed by atoms with Crippen molar-refractivity contribution < 1.29 is 27.8 Å². The molecule has 0 saturated heterocycles. The minimum absolute atomic E-state index is 0.552. The minimum Gasteiger partial charge on any atom is -0.489 e. The number of aliphatic carboxylic acids is 1. The summed E-state index contributed by atoms with van der Waals surface area (Å²) in [4.78, 5) is 13.1. The lowest BCUT2D eigenvalue weighted by molar-refractivity contribution is -0.192. The van der Waals surface area contributed by atoms with Crippen LogP contribution in [0, 0.1) is 0 Å². The van der Waals surface area contributed by atoms with E-state index in [0.29, 0.717) is 12.4 Å². The molecule has 0 aliphatic heterocycles. The molecule has 1 aromatic heterocycles. The van der Waals surface area contributed by atoms with Crippen molar-refractivity contribution in [1.29, 1.82) is 0 Å². The highest BCUT2D eigenvalue weighted by atomic mass is 19.4. The largest absolute Gasteiger partial charge is 0.490 e. The number of rotatable bonds is 4. The Balaban J connectivity index is 0.000000360. The average molecular weight is 440 g/mol. The Morgan fingerprint density at radius 2 is 1.62 bits per heavy atom. The molecular formula is C24H19F3N2O3. The molecule has 4 rings (SSSR count). The lowest BCUT2D eigenvalue weighted by Crippen LogP contribution is -2.21. The van der Waals surface area contributed by atoms with Crippen LogP contribution in [0.1, 0.15) is 5.56 Å². The molecule has 3 aromatic carbocycles. The molecule has 5 nitrogen and oxygen atoms in total. The Labute approximate surface area is 181 Å². The number of ether oxygens (including phenoxy) is 1. The van der Waals surface area contributed by atoms with Crippen LogP contribution in [-0.4, -0.2) is 22.2 Å². The summed E-state index contributed by atoms with van der Waals surface area (Å²) >= 11 is 0. The molecule has 0 amide bonds. The van der Waals surface area contributed by atoms with Crippen LogP contribution < -0.4 is 10.5 Å². The summed E-state index contributed by atoms with van der Waals surface area (Å²) in [6.07, 6.45) is -3.35. The second-order valence-corrected chi connectivity index (χ2v) is 6.74. The van der Waals surface area contributed by atoms with Gasteiger partial charge in [0.05, 0.1) is 0 Å². The molecule has 4 aromatic rings. The molecule has 0 bridgehead atoms. The van der Waals surface area contributed by atoms with Gasteiger partial charge >= 0.3 is 12.1 Å². The number of pyridine rings is 1. The van der Waals surface area contributed by atoms with E-state index in [1.54, 1.807) is 6.20 Å². The van der Waals surface area contributed by atoms with E-state index in [1.165, 1.54) is 0 Å². The Morgan fingerprint density at radius 3 is 2.31 bits per heavy atom. The molecule has 0 fully saturated rings. The Hall–Kier alpha value is -4.07. The molecular weight excluding hydrogens is 421 g/mol. The molecule has 1 heterocycles. The van der Waals surface area contributed by atoms with E-state index in [2.05, 4.69) is 47.4 Å². The van der Waals surface area contributed by atoms with Crippen LogP contribution in [-0.2, 0) is 11.4 Å². The predicted molar refractivity (Wildman–Crippen MR) is 116 cm³/mol. The van der Waals surface area contributed by atoms with Gasteiger partial charge in [-0.3, -0.25) is 0 Å². The molecule has 8 heteroatoms. The molecule has 32 heavy (non-hydrogen) atoms. The summed E-state index contributed by atoms with van der Waals surface area (Å²) in [7, 11) is 0. The first-order valence-corrected chi connectivity index (χ1v) is 9.45. The van der Waals surface area contributed by atoms with E-state index in [-0.39, 0.29) is 0 Å². The van der Waals surface area contributed by atoms with Crippen molar-refractivity contribution in [2.45, 2.75) is 12.8 Å². The summed E-state index contributed by atoms with van der Waals surface area (Å²) in [6, 6.07) is 26.5. The second kappa shape index (κ2) is 9.82. The Kier molecular flexibility index (Phi) is 6.94. The number of carbonyl (C=O) groups is 1. The molecule has 3 N–H and O–H groups in total. The van der Waals surface area contributed by atoms with Gasteiger partial charge in [0.2, 0.25) is 0 Å². The molecule has 0 spiro atoms. The first-order chi connectivity index (χ1) is 15.2. The molecule has 0 radical (unpaired) electrons. The average Bonchev–Trinajstić information content (AvgIpc) is 2.78. The van der Waals surface area contributed by atoms with Crippen molar-refractivity contribution in [1.82, 2.24) is 4.98 Å². The van der Waals surface area contributed by atoms with E-state index in [4.69, 9.17) is 20.4 Å². The van der Waals surface area contributed by atoms with Crippen molar-refractivity contribution >= 4 is 22.6 Å². The van der Waals surface area contributed by atoms with E-state index in [1.807, 2.05) is 36.4 Å². The zero-order chi connectivity index (χ0) is 23.1. The van der Waals surface area contributed by atoms with E-state index in [9.17, 15) is 13.2 Å². The van der Waals surface area contributed by atoms with Crippen molar-refractivity contribution in [3.05, 3.63) is 90.6 Å². The van der Waals surface area contributed by atoms with Crippen LogP contribution in [0.4, 0.5) is 19.0 Å². The lowest BCUT2D eigenvalue weighted by atomic mass is 10.0. The third-order valence-electron chi connectivity index (χ3n) is 4.46. The Bertz CT molecular complexity index is 1210. The zero-order valence-corrected chi connectivity index (χ0v) is 16.7. The number of fused-ring (bicyclic) bond motifs is 1. The van der Waals surface area contributed by atoms with Gasteiger partial charge in [-0.2, -0.15) is 13.2 Å². The van der Waals surface area contributed by atoms with Gasteiger partial charge in [0.1, 0.15) is 18.2 Å². The van der Waals surface area contributed by atoms with Crippen molar-refractivity contribution in [3.63, 3.8) is 0 Å². The molecule has 0 unspecified atom stereocenters. The third kappa shape index (κ3) is 5.98. The van der Waals surface area contributed by atoms with Crippen LogP contribution in [0.25, 0.3) is 21.9 Å². The standard InChI is InChI=1S/C22H18N2O.C2HF3O2/c23-22-21-14-19(10-9-17(21)11-12-24-22)18-7-4-8-20(13-18)25-15-16-5-2-1-3-6-16;3-2(4,5)1(6)7/h1-14H,15H2,(H2,23,24);(H,6,7). The normalized spacial score (nSPS) is 10.8.